The van der Waals surface area contributed by atoms with E-state index in [1.165, 1.54) is 76.8 Å². The average molecular weight is 700 g/mol. The summed E-state index contributed by atoms with van der Waals surface area (Å²) >= 11 is 0. The minimum absolute atomic E-state index is 1.11. The molecular weight excluding hydrogens is 663 g/mol. The molecule has 258 valence electrons. The summed E-state index contributed by atoms with van der Waals surface area (Å²) in [5, 5.41) is 7.66. The molecule has 10 aromatic rings. The highest BCUT2D eigenvalue weighted by Gasteiger charge is 2.16. The Morgan fingerprint density at radius 2 is 0.582 bits per heavy atom. The van der Waals surface area contributed by atoms with Crippen LogP contribution in [0.25, 0.3) is 76.8 Å². The van der Waals surface area contributed by atoms with Crippen molar-refractivity contribution in [1.82, 2.24) is 0 Å². The van der Waals surface area contributed by atoms with E-state index in [9.17, 15) is 0 Å². The topological polar surface area (TPSA) is 3.24 Å². The molecule has 55 heavy (non-hydrogen) atoms. The van der Waals surface area contributed by atoms with Crippen molar-refractivity contribution in [2.75, 3.05) is 4.90 Å². The predicted molar refractivity (Wildman–Crippen MR) is 235 cm³/mol. The normalized spacial score (nSPS) is 11.3. The minimum Gasteiger partial charge on any atom is -0.310 e. The van der Waals surface area contributed by atoms with Crippen molar-refractivity contribution in [1.29, 1.82) is 0 Å². The molecule has 0 saturated carbocycles. The second kappa shape index (κ2) is 14.0. The molecule has 0 aliphatic carbocycles. The van der Waals surface area contributed by atoms with Gasteiger partial charge in [0.15, 0.2) is 0 Å². The number of rotatable bonds is 7. The maximum Gasteiger partial charge on any atom is 0.0468 e. The van der Waals surface area contributed by atoms with Gasteiger partial charge in [-0.25, -0.2) is 0 Å². The Morgan fingerprint density at radius 3 is 1.18 bits per heavy atom. The monoisotopic (exact) mass is 699 g/mol. The van der Waals surface area contributed by atoms with E-state index in [1.807, 2.05) is 0 Å². The molecule has 0 aromatic heterocycles. The van der Waals surface area contributed by atoms with E-state index in [4.69, 9.17) is 0 Å². The molecule has 0 amide bonds. The Kier molecular flexibility index (Phi) is 8.24. The molecule has 0 radical (unpaired) electrons. The highest BCUT2D eigenvalue weighted by molar-refractivity contribution is 6.25. The van der Waals surface area contributed by atoms with Gasteiger partial charge in [-0.2, -0.15) is 0 Å². The van der Waals surface area contributed by atoms with Gasteiger partial charge in [-0.05, 0) is 119 Å². The Labute approximate surface area is 322 Å². The van der Waals surface area contributed by atoms with Gasteiger partial charge in [0.05, 0.1) is 0 Å². The van der Waals surface area contributed by atoms with Gasteiger partial charge in [-0.3, -0.25) is 0 Å². The number of fused-ring (bicyclic) bond motifs is 6. The van der Waals surface area contributed by atoms with E-state index in [1.54, 1.807) is 0 Å². The van der Waals surface area contributed by atoms with Crippen LogP contribution in [0.1, 0.15) is 0 Å². The van der Waals surface area contributed by atoms with Crippen molar-refractivity contribution in [2.24, 2.45) is 0 Å². The number of benzene rings is 10. The lowest BCUT2D eigenvalue weighted by molar-refractivity contribution is 1.29. The zero-order valence-corrected chi connectivity index (χ0v) is 30.3. The van der Waals surface area contributed by atoms with Gasteiger partial charge in [0, 0.05) is 17.1 Å². The van der Waals surface area contributed by atoms with Crippen LogP contribution in [0.2, 0.25) is 0 Å². The smallest absolute Gasteiger partial charge is 0.0468 e. The molecule has 0 atom stereocenters. The van der Waals surface area contributed by atoms with Crippen LogP contribution in [0.4, 0.5) is 17.1 Å². The maximum atomic E-state index is 2.36. The number of anilines is 3. The van der Waals surface area contributed by atoms with Gasteiger partial charge >= 0.3 is 0 Å². The standard InChI is InChI=1S/C54H37N/c1-4-14-38(15-5-1)43-30-34-47(41-16-6-2-7-17-41)53(36-43)42-26-24-39(25-27-42)40-28-31-45(32-29-40)55(44-18-8-3-9-19-44)46-33-35-52-50-22-11-10-20-48(50)49-21-12-13-23-51(49)54(52)37-46/h1-37H. The summed E-state index contributed by atoms with van der Waals surface area (Å²) in [5.41, 5.74) is 13.0. The van der Waals surface area contributed by atoms with Crippen molar-refractivity contribution in [3.05, 3.63) is 224 Å². The van der Waals surface area contributed by atoms with E-state index in [-0.39, 0.29) is 0 Å². The summed E-state index contributed by atoms with van der Waals surface area (Å²) in [6.45, 7) is 0. The predicted octanol–water partition coefficient (Wildman–Crippen LogP) is 15.3. The first-order valence-electron chi connectivity index (χ1n) is 18.9. The minimum atomic E-state index is 1.11. The van der Waals surface area contributed by atoms with Crippen molar-refractivity contribution >= 4 is 49.4 Å². The Bertz CT molecular complexity index is 2900. The third kappa shape index (κ3) is 6.02. The third-order valence-corrected chi connectivity index (χ3v) is 10.9. The summed E-state index contributed by atoms with van der Waals surface area (Å²) in [5.74, 6) is 0. The third-order valence-electron chi connectivity index (χ3n) is 10.9. The summed E-state index contributed by atoms with van der Waals surface area (Å²) in [4.78, 5) is 2.36. The van der Waals surface area contributed by atoms with E-state index >= 15 is 0 Å². The molecule has 10 aromatic carbocycles. The molecule has 0 heterocycles. The molecule has 0 fully saturated rings. The highest BCUT2D eigenvalue weighted by Crippen LogP contribution is 2.42. The maximum absolute atomic E-state index is 2.36. The molecule has 1 nitrogen and oxygen atoms in total. The van der Waals surface area contributed by atoms with Crippen molar-refractivity contribution in [3.63, 3.8) is 0 Å². The highest BCUT2D eigenvalue weighted by atomic mass is 15.1. The largest absolute Gasteiger partial charge is 0.310 e. The van der Waals surface area contributed by atoms with Gasteiger partial charge in [0.25, 0.3) is 0 Å². The number of hydrogen-bond acceptors (Lipinski definition) is 1. The van der Waals surface area contributed by atoms with Crippen LogP contribution in [-0.4, -0.2) is 0 Å². The first-order chi connectivity index (χ1) is 27.3. The van der Waals surface area contributed by atoms with Crippen LogP contribution in [0.15, 0.2) is 224 Å². The summed E-state index contributed by atoms with van der Waals surface area (Å²) in [6.07, 6.45) is 0. The van der Waals surface area contributed by atoms with Gasteiger partial charge < -0.3 is 4.90 Å². The van der Waals surface area contributed by atoms with Crippen molar-refractivity contribution < 1.29 is 0 Å². The summed E-state index contributed by atoms with van der Waals surface area (Å²) < 4.78 is 0. The molecular formula is C54H37N. The quantitative estimate of drug-likeness (QED) is 0.150. The number of hydrogen-bond donors (Lipinski definition) is 0. The fourth-order valence-corrected chi connectivity index (χ4v) is 8.17. The van der Waals surface area contributed by atoms with Gasteiger partial charge in [0.1, 0.15) is 0 Å². The zero-order chi connectivity index (χ0) is 36.6. The molecule has 0 unspecified atom stereocenters. The molecule has 1 heteroatoms. The van der Waals surface area contributed by atoms with Crippen molar-refractivity contribution in [2.45, 2.75) is 0 Å². The molecule has 10 rings (SSSR count). The van der Waals surface area contributed by atoms with Crippen LogP contribution < -0.4 is 4.90 Å². The second-order valence-corrected chi connectivity index (χ2v) is 14.1. The van der Waals surface area contributed by atoms with E-state index < -0.39 is 0 Å². The fourth-order valence-electron chi connectivity index (χ4n) is 8.17. The van der Waals surface area contributed by atoms with Crippen LogP contribution in [0.5, 0.6) is 0 Å². The Hall–Kier alpha value is -7.22. The van der Waals surface area contributed by atoms with E-state index in [0.29, 0.717) is 0 Å². The van der Waals surface area contributed by atoms with Crippen LogP contribution in [0.3, 0.4) is 0 Å². The van der Waals surface area contributed by atoms with E-state index in [0.717, 1.165) is 17.1 Å². The number of para-hydroxylation sites is 1. The summed E-state index contributed by atoms with van der Waals surface area (Å²) in [7, 11) is 0. The second-order valence-electron chi connectivity index (χ2n) is 14.1. The van der Waals surface area contributed by atoms with Gasteiger partial charge in [-0.15, -0.1) is 0 Å². The zero-order valence-electron chi connectivity index (χ0n) is 30.3. The lowest BCUT2D eigenvalue weighted by atomic mass is 9.90. The summed E-state index contributed by atoms with van der Waals surface area (Å²) in [6, 6.07) is 81.3. The molecule has 0 aliphatic rings. The lowest BCUT2D eigenvalue weighted by Gasteiger charge is -2.26. The molecule has 0 N–H and O–H groups in total. The molecule has 0 aliphatic heterocycles. The van der Waals surface area contributed by atoms with Gasteiger partial charge in [0.2, 0.25) is 0 Å². The van der Waals surface area contributed by atoms with Crippen LogP contribution >= 0.6 is 0 Å². The average Bonchev–Trinajstić information content (AvgIpc) is 3.28. The Balaban J connectivity index is 1.02. The van der Waals surface area contributed by atoms with E-state index in [2.05, 4.69) is 229 Å². The molecule has 0 spiro atoms. The molecule has 0 bridgehead atoms. The Morgan fingerprint density at radius 1 is 0.200 bits per heavy atom. The van der Waals surface area contributed by atoms with Gasteiger partial charge in [-0.1, -0.05) is 182 Å². The first kappa shape index (κ1) is 32.4. The fraction of sp³-hybridized carbons (Fsp3) is 0. The first-order valence-corrected chi connectivity index (χ1v) is 18.9. The van der Waals surface area contributed by atoms with Crippen molar-refractivity contribution in [3.8, 4) is 44.5 Å². The van der Waals surface area contributed by atoms with Crippen LogP contribution in [0, 0.1) is 0 Å². The SMILES string of the molecule is c1ccc(-c2ccc(-c3ccccc3)c(-c3ccc(-c4ccc(N(c5ccccc5)c5ccc6c7ccccc7c7ccccc7c6c5)cc4)cc3)c2)cc1. The lowest BCUT2D eigenvalue weighted by Crippen LogP contribution is -2.09. The molecule has 0 saturated heterocycles. The van der Waals surface area contributed by atoms with Crippen LogP contribution in [-0.2, 0) is 0 Å². The number of nitrogens with zero attached hydrogens (tertiary/aromatic N) is 1.